The molecular weight excluding hydrogens is 149 g/mol. The van der Waals surface area contributed by atoms with Crippen molar-refractivity contribution in [2.45, 2.75) is 0 Å². The molecule has 0 unspecified atom stereocenters. The van der Waals surface area contributed by atoms with E-state index >= 15 is 0 Å². The minimum absolute atomic E-state index is 0. The van der Waals surface area contributed by atoms with Crippen LogP contribution in [0.5, 0.6) is 0 Å². The Bertz CT molecular complexity index is 283. The van der Waals surface area contributed by atoms with Crippen molar-refractivity contribution in [3.8, 4) is 0 Å². The first-order valence-corrected chi connectivity index (χ1v) is 2.99. The first-order chi connectivity index (χ1) is 4.47. The van der Waals surface area contributed by atoms with Gasteiger partial charge in [0.15, 0.2) is 0 Å². The molecule has 2 heteroatoms. The van der Waals surface area contributed by atoms with E-state index in [1.165, 1.54) is 10.9 Å². The number of fused-ring (bicyclic) bond motifs is 1. The maximum absolute atomic E-state index is 3.12. The molecule has 2 aromatic rings. The van der Waals surface area contributed by atoms with Crippen molar-refractivity contribution in [3.63, 3.8) is 0 Å². The van der Waals surface area contributed by atoms with Gasteiger partial charge in [0.2, 0.25) is 0 Å². The summed E-state index contributed by atoms with van der Waals surface area (Å²) in [5, 5.41) is 1.28. The van der Waals surface area contributed by atoms with E-state index in [0.717, 1.165) is 0 Å². The molecular formula is C8H7KN+. The van der Waals surface area contributed by atoms with Gasteiger partial charge in [-0.3, -0.25) is 0 Å². The standard InChI is InChI=1S/C8H7N.K/c1-2-4-8-7(3-1)5-6-9-8;/h1-6,9H;/q;+1. The molecule has 0 radical (unpaired) electrons. The molecule has 0 spiro atoms. The topological polar surface area (TPSA) is 15.8 Å². The fraction of sp³-hybridized carbons (Fsp3) is 0. The molecule has 0 atom stereocenters. The van der Waals surface area contributed by atoms with E-state index in [0.29, 0.717) is 0 Å². The van der Waals surface area contributed by atoms with Crippen molar-refractivity contribution < 1.29 is 51.4 Å². The van der Waals surface area contributed by atoms with Gasteiger partial charge in [0.25, 0.3) is 0 Å². The summed E-state index contributed by atoms with van der Waals surface area (Å²) in [6.45, 7) is 0. The summed E-state index contributed by atoms with van der Waals surface area (Å²) in [6, 6.07) is 10.3. The first kappa shape index (κ1) is 8.49. The van der Waals surface area contributed by atoms with Gasteiger partial charge in [-0.2, -0.15) is 0 Å². The zero-order valence-electron chi connectivity index (χ0n) is 5.96. The van der Waals surface area contributed by atoms with Gasteiger partial charge >= 0.3 is 51.4 Å². The number of para-hydroxylation sites is 1. The van der Waals surface area contributed by atoms with Crippen LogP contribution in [0, 0.1) is 0 Å². The Labute approximate surface area is 102 Å². The molecule has 1 aromatic carbocycles. The van der Waals surface area contributed by atoms with Crippen molar-refractivity contribution >= 4 is 10.9 Å². The second-order valence-electron chi connectivity index (χ2n) is 2.06. The summed E-state index contributed by atoms with van der Waals surface area (Å²) in [5.41, 5.74) is 1.21. The molecule has 0 amide bonds. The summed E-state index contributed by atoms with van der Waals surface area (Å²) in [7, 11) is 0. The third-order valence-electron chi connectivity index (χ3n) is 1.46. The Balaban J connectivity index is 0.000000500. The first-order valence-electron chi connectivity index (χ1n) is 2.99. The molecule has 0 aliphatic carbocycles. The number of aromatic nitrogens is 1. The van der Waals surface area contributed by atoms with Gasteiger partial charge < -0.3 is 4.98 Å². The van der Waals surface area contributed by atoms with Gasteiger partial charge in [-0.25, -0.2) is 0 Å². The number of hydrogen-bond donors (Lipinski definition) is 1. The van der Waals surface area contributed by atoms with Gasteiger partial charge in [0, 0.05) is 11.7 Å². The van der Waals surface area contributed by atoms with E-state index in [2.05, 4.69) is 23.2 Å². The predicted octanol–water partition coefficient (Wildman–Crippen LogP) is -0.828. The van der Waals surface area contributed by atoms with Crippen LogP contribution in [-0.2, 0) is 0 Å². The van der Waals surface area contributed by atoms with Crippen molar-refractivity contribution in [1.29, 1.82) is 0 Å². The van der Waals surface area contributed by atoms with E-state index < -0.39 is 0 Å². The summed E-state index contributed by atoms with van der Waals surface area (Å²) < 4.78 is 0. The van der Waals surface area contributed by atoms with Crippen LogP contribution in [0.15, 0.2) is 36.5 Å². The number of hydrogen-bond acceptors (Lipinski definition) is 0. The second kappa shape index (κ2) is 3.69. The van der Waals surface area contributed by atoms with E-state index in [1.807, 2.05) is 18.3 Å². The summed E-state index contributed by atoms with van der Waals surface area (Å²) in [5.74, 6) is 0. The van der Waals surface area contributed by atoms with Gasteiger partial charge in [0.05, 0.1) is 0 Å². The van der Waals surface area contributed by atoms with Crippen LogP contribution in [0.25, 0.3) is 10.9 Å². The van der Waals surface area contributed by atoms with Gasteiger partial charge in [-0.15, -0.1) is 0 Å². The fourth-order valence-electron chi connectivity index (χ4n) is 0.995. The largest absolute Gasteiger partial charge is 1.00 e. The molecule has 0 saturated carbocycles. The average Bonchev–Trinajstić information content (AvgIpc) is 2.33. The summed E-state index contributed by atoms with van der Waals surface area (Å²) in [6.07, 6.45) is 1.95. The summed E-state index contributed by atoms with van der Waals surface area (Å²) in [4.78, 5) is 3.12. The van der Waals surface area contributed by atoms with Crippen LogP contribution in [0.2, 0.25) is 0 Å². The van der Waals surface area contributed by atoms with Crippen molar-refractivity contribution in [3.05, 3.63) is 36.5 Å². The maximum Gasteiger partial charge on any atom is 1.00 e. The normalized spacial score (nSPS) is 9.20. The molecule has 1 aromatic heterocycles. The van der Waals surface area contributed by atoms with Gasteiger partial charge in [0.1, 0.15) is 0 Å². The van der Waals surface area contributed by atoms with Crippen LogP contribution < -0.4 is 51.4 Å². The zero-order valence-corrected chi connectivity index (χ0v) is 9.09. The Hall–Kier alpha value is 0.396. The van der Waals surface area contributed by atoms with E-state index in [1.54, 1.807) is 0 Å². The Morgan fingerprint density at radius 1 is 1.00 bits per heavy atom. The van der Waals surface area contributed by atoms with E-state index in [4.69, 9.17) is 0 Å². The SMILES string of the molecule is [K+].c1ccc2[nH]ccc2c1. The molecule has 0 aliphatic rings. The van der Waals surface area contributed by atoms with Crippen LogP contribution in [0.3, 0.4) is 0 Å². The molecule has 0 fully saturated rings. The fourth-order valence-corrected chi connectivity index (χ4v) is 0.995. The van der Waals surface area contributed by atoms with Crippen LogP contribution >= 0.6 is 0 Å². The van der Waals surface area contributed by atoms with Crippen molar-refractivity contribution in [1.82, 2.24) is 4.98 Å². The van der Waals surface area contributed by atoms with E-state index in [9.17, 15) is 0 Å². The number of rotatable bonds is 0. The predicted molar refractivity (Wildman–Crippen MR) is 38.3 cm³/mol. The van der Waals surface area contributed by atoms with Gasteiger partial charge in [-0.05, 0) is 17.5 Å². The van der Waals surface area contributed by atoms with Crippen molar-refractivity contribution in [2.75, 3.05) is 0 Å². The van der Waals surface area contributed by atoms with E-state index in [-0.39, 0.29) is 51.4 Å². The molecule has 2 rings (SSSR count). The van der Waals surface area contributed by atoms with Crippen LogP contribution in [-0.4, -0.2) is 4.98 Å². The number of nitrogens with one attached hydrogen (secondary N) is 1. The number of aromatic amines is 1. The Morgan fingerprint density at radius 2 is 1.80 bits per heavy atom. The Morgan fingerprint density at radius 3 is 2.60 bits per heavy atom. The maximum atomic E-state index is 3.12. The number of H-pyrrole nitrogens is 1. The molecule has 1 nitrogen and oxygen atoms in total. The van der Waals surface area contributed by atoms with Crippen LogP contribution in [0.4, 0.5) is 0 Å². The molecule has 10 heavy (non-hydrogen) atoms. The average molecular weight is 156 g/mol. The van der Waals surface area contributed by atoms with Gasteiger partial charge in [-0.1, -0.05) is 18.2 Å². The second-order valence-corrected chi connectivity index (χ2v) is 2.06. The molecule has 0 aliphatic heterocycles. The molecule has 0 bridgehead atoms. The van der Waals surface area contributed by atoms with Crippen molar-refractivity contribution in [2.24, 2.45) is 0 Å². The molecule has 0 saturated heterocycles. The molecule has 1 N–H and O–H groups in total. The smallest absolute Gasteiger partial charge is 0.361 e. The molecule has 44 valence electrons. The Kier molecular flexibility index (Phi) is 3.13. The third kappa shape index (κ3) is 1.52. The third-order valence-corrected chi connectivity index (χ3v) is 1.46. The summed E-state index contributed by atoms with van der Waals surface area (Å²) >= 11 is 0. The number of benzene rings is 1. The van der Waals surface area contributed by atoms with Crippen LogP contribution in [0.1, 0.15) is 0 Å². The minimum Gasteiger partial charge on any atom is -0.361 e. The quantitative estimate of drug-likeness (QED) is 0.479. The monoisotopic (exact) mass is 156 g/mol. The molecule has 1 heterocycles. The zero-order chi connectivity index (χ0) is 6.10. The minimum atomic E-state index is 0.